The Labute approximate surface area is 119 Å². The lowest BCUT2D eigenvalue weighted by Crippen LogP contribution is -2.16. The molecule has 0 radical (unpaired) electrons. The van der Waals surface area contributed by atoms with E-state index in [1.807, 2.05) is 0 Å². The molecule has 1 rings (SSSR count). The quantitative estimate of drug-likeness (QED) is 0.636. The van der Waals surface area contributed by atoms with Crippen LogP contribution in [0, 0.1) is 0 Å². The van der Waals surface area contributed by atoms with Crippen molar-refractivity contribution in [3.05, 3.63) is 35.4 Å². The number of hydrogen-bond donors (Lipinski definition) is 1. The average molecular weight is 261 g/mol. The second-order valence-corrected chi connectivity index (χ2v) is 6.14. The van der Waals surface area contributed by atoms with Gasteiger partial charge >= 0.3 is 0 Å². The van der Waals surface area contributed by atoms with Crippen LogP contribution < -0.4 is 5.32 Å². The van der Waals surface area contributed by atoms with Crippen molar-refractivity contribution in [3.63, 3.8) is 0 Å². The molecule has 1 heteroatoms. The summed E-state index contributed by atoms with van der Waals surface area (Å²) >= 11 is 0. The van der Waals surface area contributed by atoms with Gasteiger partial charge in [0.1, 0.15) is 0 Å². The van der Waals surface area contributed by atoms with Gasteiger partial charge in [0.15, 0.2) is 0 Å². The first-order chi connectivity index (χ1) is 9.10. The Morgan fingerprint density at radius 2 is 1.63 bits per heavy atom. The Hall–Kier alpha value is -0.820. The summed E-state index contributed by atoms with van der Waals surface area (Å²) in [5.74, 6) is 0. The van der Waals surface area contributed by atoms with Crippen molar-refractivity contribution in [2.75, 3.05) is 13.1 Å². The van der Waals surface area contributed by atoms with Crippen LogP contribution in [0.25, 0.3) is 0 Å². The van der Waals surface area contributed by atoms with Gasteiger partial charge in [-0.05, 0) is 61.7 Å². The highest BCUT2D eigenvalue weighted by molar-refractivity contribution is 5.28. The number of rotatable bonds is 9. The van der Waals surface area contributed by atoms with Crippen LogP contribution in [0.1, 0.15) is 64.5 Å². The standard InChI is InChI=1S/C18H31N/c1-5-14-19-15-8-7-9-16-10-12-17(13-11-16)18(3,4)6-2/h10-13,19H,5-9,14-15H2,1-4H3. The normalized spacial score (nSPS) is 11.8. The minimum absolute atomic E-state index is 0.308. The lowest BCUT2D eigenvalue weighted by molar-refractivity contribution is 0.506. The molecule has 1 aromatic carbocycles. The lowest BCUT2D eigenvalue weighted by Gasteiger charge is -2.23. The fraction of sp³-hybridized carbons (Fsp3) is 0.667. The molecule has 0 bridgehead atoms. The molecule has 0 aromatic heterocycles. The fourth-order valence-corrected chi connectivity index (χ4v) is 2.21. The van der Waals surface area contributed by atoms with Crippen LogP contribution >= 0.6 is 0 Å². The van der Waals surface area contributed by atoms with Gasteiger partial charge in [-0.2, -0.15) is 0 Å². The van der Waals surface area contributed by atoms with E-state index in [-0.39, 0.29) is 0 Å². The Morgan fingerprint density at radius 3 is 2.21 bits per heavy atom. The summed E-state index contributed by atoms with van der Waals surface area (Å²) in [5.41, 5.74) is 3.25. The van der Waals surface area contributed by atoms with Crippen molar-refractivity contribution in [3.8, 4) is 0 Å². The molecule has 0 aliphatic heterocycles. The SMILES string of the molecule is CCCNCCCCc1ccc(C(C)(C)CC)cc1. The van der Waals surface area contributed by atoms with Gasteiger partial charge in [-0.15, -0.1) is 0 Å². The molecular formula is C18H31N. The zero-order chi connectivity index (χ0) is 14.1. The maximum atomic E-state index is 3.46. The molecule has 0 atom stereocenters. The van der Waals surface area contributed by atoms with E-state index in [2.05, 4.69) is 57.3 Å². The molecule has 1 nitrogen and oxygen atoms in total. The Bertz CT molecular complexity index is 337. The molecule has 0 fully saturated rings. The highest BCUT2D eigenvalue weighted by atomic mass is 14.8. The third-order valence-corrected chi connectivity index (χ3v) is 4.12. The smallest absolute Gasteiger partial charge is 0.00488 e. The van der Waals surface area contributed by atoms with Crippen molar-refractivity contribution < 1.29 is 0 Å². The van der Waals surface area contributed by atoms with Crippen LogP contribution in [0.3, 0.4) is 0 Å². The molecule has 0 unspecified atom stereocenters. The molecule has 0 aliphatic rings. The van der Waals surface area contributed by atoms with E-state index in [9.17, 15) is 0 Å². The summed E-state index contributed by atoms with van der Waals surface area (Å²) < 4.78 is 0. The van der Waals surface area contributed by atoms with Crippen molar-refractivity contribution in [1.82, 2.24) is 5.32 Å². The molecular weight excluding hydrogens is 230 g/mol. The van der Waals surface area contributed by atoms with Crippen molar-refractivity contribution in [2.24, 2.45) is 0 Å². The molecule has 1 N–H and O–H groups in total. The summed E-state index contributed by atoms with van der Waals surface area (Å²) in [7, 11) is 0. The van der Waals surface area contributed by atoms with Crippen molar-refractivity contribution in [2.45, 2.75) is 65.2 Å². The Kier molecular flexibility index (Phi) is 7.15. The van der Waals surface area contributed by atoms with Crippen molar-refractivity contribution >= 4 is 0 Å². The lowest BCUT2D eigenvalue weighted by atomic mass is 9.82. The van der Waals surface area contributed by atoms with Crippen LogP contribution in [0.4, 0.5) is 0 Å². The Morgan fingerprint density at radius 1 is 0.947 bits per heavy atom. The molecule has 0 saturated heterocycles. The summed E-state index contributed by atoms with van der Waals surface area (Å²) in [4.78, 5) is 0. The fourth-order valence-electron chi connectivity index (χ4n) is 2.21. The molecule has 1 aromatic rings. The average Bonchev–Trinajstić information content (AvgIpc) is 2.43. The molecule has 0 saturated carbocycles. The molecule has 108 valence electrons. The number of benzene rings is 1. The third-order valence-electron chi connectivity index (χ3n) is 4.12. The van der Waals surface area contributed by atoms with E-state index < -0.39 is 0 Å². The first-order valence-corrected chi connectivity index (χ1v) is 7.90. The van der Waals surface area contributed by atoms with Gasteiger partial charge in [0, 0.05) is 0 Å². The summed E-state index contributed by atoms with van der Waals surface area (Å²) in [6, 6.07) is 9.25. The number of nitrogens with one attached hydrogen (secondary N) is 1. The van der Waals surface area contributed by atoms with Crippen molar-refractivity contribution in [1.29, 1.82) is 0 Å². The minimum Gasteiger partial charge on any atom is -0.317 e. The predicted molar refractivity (Wildman–Crippen MR) is 85.9 cm³/mol. The van der Waals surface area contributed by atoms with Crippen LogP contribution in [-0.4, -0.2) is 13.1 Å². The van der Waals surface area contributed by atoms with Gasteiger partial charge in [-0.1, -0.05) is 52.0 Å². The van der Waals surface area contributed by atoms with E-state index in [4.69, 9.17) is 0 Å². The second kappa shape index (κ2) is 8.37. The first-order valence-electron chi connectivity index (χ1n) is 7.90. The maximum Gasteiger partial charge on any atom is -0.00488 e. The summed E-state index contributed by atoms with van der Waals surface area (Å²) in [6.45, 7) is 11.4. The molecule has 19 heavy (non-hydrogen) atoms. The van der Waals surface area contributed by atoms with E-state index >= 15 is 0 Å². The van der Waals surface area contributed by atoms with Gasteiger partial charge < -0.3 is 5.32 Å². The van der Waals surface area contributed by atoms with Crippen LogP contribution in [0.5, 0.6) is 0 Å². The maximum absolute atomic E-state index is 3.46. The topological polar surface area (TPSA) is 12.0 Å². The van der Waals surface area contributed by atoms with Gasteiger partial charge in [-0.3, -0.25) is 0 Å². The van der Waals surface area contributed by atoms with Crippen LogP contribution in [0.15, 0.2) is 24.3 Å². The van der Waals surface area contributed by atoms with Gasteiger partial charge in [-0.25, -0.2) is 0 Å². The van der Waals surface area contributed by atoms with Gasteiger partial charge in [0.25, 0.3) is 0 Å². The predicted octanol–water partition coefficient (Wildman–Crippen LogP) is 4.70. The minimum atomic E-state index is 0.308. The molecule has 0 amide bonds. The molecule has 0 aliphatic carbocycles. The van der Waals surface area contributed by atoms with Gasteiger partial charge in [0.05, 0.1) is 0 Å². The second-order valence-electron chi connectivity index (χ2n) is 6.14. The van der Waals surface area contributed by atoms with Gasteiger partial charge in [0.2, 0.25) is 0 Å². The van der Waals surface area contributed by atoms with Crippen LogP contribution in [-0.2, 0) is 11.8 Å². The monoisotopic (exact) mass is 261 g/mol. The number of aryl methyl sites for hydroxylation is 1. The zero-order valence-corrected chi connectivity index (χ0v) is 13.3. The number of hydrogen-bond acceptors (Lipinski definition) is 1. The zero-order valence-electron chi connectivity index (χ0n) is 13.3. The highest BCUT2D eigenvalue weighted by Crippen LogP contribution is 2.26. The number of unbranched alkanes of at least 4 members (excludes halogenated alkanes) is 1. The summed E-state index contributed by atoms with van der Waals surface area (Å²) in [5, 5.41) is 3.46. The highest BCUT2D eigenvalue weighted by Gasteiger charge is 2.17. The molecule has 0 heterocycles. The van der Waals surface area contributed by atoms with E-state index in [1.165, 1.54) is 43.2 Å². The largest absolute Gasteiger partial charge is 0.317 e. The van der Waals surface area contributed by atoms with E-state index in [0.29, 0.717) is 5.41 Å². The molecule has 0 spiro atoms. The first kappa shape index (κ1) is 16.2. The van der Waals surface area contributed by atoms with Crippen LogP contribution in [0.2, 0.25) is 0 Å². The third kappa shape index (κ3) is 5.78. The summed E-state index contributed by atoms with van der Waals surface area (Å²) in [6.07, 6.45) is 6.19. The van der Waals surface area contributed by atoms with E-state index in [0.717, 1.165) is 13.1 Å². The van der Waals surface area contributed by atoms with E-state index in [1.54, 1.807) is 0 Å². The Balaban J connectivity index is 2.32.